The first-order valence-corrected chi connectivity index (χ1v) is 8.63. The van der Waals surface area contributed by atoms with Gasteiger partial charge in [0.25, 0.3) is 0 Å². The molecular formula is C18H34N2. The molecule has 1 heterocycles. The van der Waals surface area contributed by atoms with Crippen molar-refractivity contribution in [3.63, 3.8) is 0 Å². The largest absolute Gasteiger partial charge is 0.312 e. The second-order valence-electron chi connectivity index (χ2n) is 5.98. The second kappa shape index (κ2) is 9.42. The highest BCUT2D eigenvalue weighted by atomic mass is 15.2. The van der Waals surface area contributed by atoms with E-state index in [1.807, 2.05) is 6.92 Å². The lowest BCUT2D eigenvalue weighted by molar-refractivity contribution is 0.0592. The first-order valence-electron chi connectivity index (χ1n) is 8.63. The first kappa shape index (κ1) is 17.5. The molecule has 20 heavy (non-hydrogen) atoms. The zero-order valence-corrected chi connectivity index (χ0v) is 14.1. The maximum absolute atomic E-state index is 3.84. The van der Waals surface area contributed by atoms with Gasteiger partial charge in [-0.25, -0.2) is 0 Å². The summed E-state index contributed by atoms with van der Waals surface area (Å²) < 4.78 is 0. The van der Waals surface area contributed by atoms with Crippen molar-refractivity contribution in [3.05, 3.63) is 0 Å². The summed E-state index contributed by atoms with van der Waals surface area (Å²) in [5.74, 6) is 6.30. The number of nitrogens with zero attached hydrogens (tertiary/aromatic N) is 1. The Morgan fingerprint density at radius 1 is 1.15 bits per heavy atom. The maximum atomic E-state index is 3.84. The molecule has 0 aromatic carbocycles. The van der Waals surface area contributed by atoms with E-state index < -0.39 is 0 Å². The van der Waals surface area contributed by atoms with E-state index in [-0.39, 0.29) is 0 Å². The first-order chi connectivity index (χ1) is 9.75. The Labute approximate surface area is 126 Å². The van der Waals surface area contributed by atoms with Gasteiger partial charge in [-0.15, -0.1) is 11.8 Å². The van der Waals surface area contributed by atoms with Crippen molar-refractivity contribution in [2.45, 2.75) is 84.2 Å². The van der Waals surface area contributed by atoms with Gasteiger partial charge in [0, 0.05) is 18.0 Å². The predicted molar refractivity (Wildman–Crippen MR) is 88.9 cm³/mol. The average molecular weight is 278 g/mol. The third kappa shape index (κ3) is 4.24. The van der Waals surface area contributed by atoms with Crippen molar-refractivity contribution in [1.29, 1.82) is 0 Å². The molecule has 1 fully saturated rings. The summed E-state index contributed by atoms with van der Waals surface area (Å²) in [7, 11) is 0. The number of rotatable bonds is 9. The summed E-state index contributed by atoms with van der Waals surface area (Å²) in [6.45, 7) is 12.6. The lowest BCUT2D eigenvalue weighted by atomic mass is 9.80. The van der Waals surface area contributed by atoms with Crippen LogP contribution in [-0.2, 0) is 0 Å². The zero-order valence-electron chi connectivity index (χ0n) is 14.1. The highest BCUT2D eigenvalue weighted by molar-refractivity contribution is 5.03. The molecular weight excluding hydrogens is 244 g/mol. The van der Waals surface area contributed by atoms with Gasteiger partial charge in [0.2, 0.25) is 0 Å². The summed E-state index contributed by atoms with van der Waals surface area (Å²) in [5.41, 5.74) is 0.334. The lowest BCUT2D eigenvalue weighted by Crippen LogP contribution is -2.60. The van der Waals surface area contributed by atoms with Crippen LogP contribution < -0.4 is 5.32 Å². The highest BCUT2D eigenvalue weighted by Gasteiger charge is 2.41. The van der Waals surface area contributed by atoms with Gasteiger partial charge >= 0.3 is 0 Å². The van der Waals surface area contributed by atoms with Crippen LogP contribution in [0.3, 0.4) is 0 Å². The van der Waals surface area contributed by atoms with E-state index >= 15 is 0 Å². The molecule has 1 unspecified atom stereocenters. The molecule has 0 aromatic heterocycles. The molecule has 116 valence electrons. The van der Waals surface area contributed by atoms with E-state index in [0.29, 0.717) is 11.6 Å². The minimum Gasteiger partial charge on any atom is -0.312 e. The number of nitrogens with one attached hydrogen (secondary N) is 1. The van der Waals surface area contributed by atoms with Crippen LogP contribution in [0.2, 0.25) is 0 Å². The van der Waals surface area contributed by atoms with Gasteiger partial charge in [-0.1, -0.05) is 20.8 Å². The van der Waals surface area contributed by atoms with E-state index in [0.717, 1.165) is 13.0 Å². The molecule has 1 saturated heterocycles. The molecule has 1 atom stereocenters. The summed E-state index contributed by atoms with van der Waals surface area (Å²) >= 11 is 0. The number of hydrogen-bond acceptors (Lipinski definition) is 2. The number of hydrogen-bond donors (Lipinski definition) is 1. The van der Waals surface area contributed by atoms with Crippen molar-refractivity contribution < 1.29 is 0 Å². The molecule has 2 nitrogen and oxygen atoms in total. The van der Waals surface area contributed by atoms with E-state index in [2.05, 4.69) is 42.8 Å². The number of likely N-dealkylation sites (tertiary alicyclic amines) is 1. The molecule has 1 aliphatic rings. The Morgan fingerprint density at radius 3 is 2.30 bits per heavy atom. The van der Waals surface area contributed by atoms with Crippen LogP contribution in [0.25, 0.3) is 0 Å². The lowest BCUT2D eigenvalue weighted by Gasteiger charge is -2.47. The molecule has 0 bridgehead atoms. The van der Waals surface area contributed by atoms with Crippen molar-refractivity contribution in [2.75, 3.05) is 19.6 Å². The summed E-state index contributed by atoms with van der Waals surface area (Å²) in [6.07, 6.45) is 8.63. The predicted octanol–water partition coefficient (Wildman–Crippen LogP) is 3.81. The molecule has 0 aromatic rings. The van der Waals surface area contributed by atoms with E-state index in [9.17, 15) is 0 Å². The maximum Gasteiger partial charge on any atom is 0.0357 e. The highest BCUT2D eigenvalue weighted by Crippen LogP contribution is 2.33. The van der Waals surface area contributed by atoms with Crippen molar-refractivity contribution in [3.8, 4) is 11.8 Å². The Hall–Kier alpha value is -0.520. The fourth-order valence-corrected chi connectivity index (χ4v) is 3.79. The molecule has 0 aliphatic carbocycles. The minimum absolute atomic E-state index is 0.334. The summed E-state index contributed by atoms with van der Waals surface area (Å²) in [6, 6.07) is 0.580. The minimum atomic E-state index is 0.334. The molecule has 2 heteroatoms. The molecule has 0 spiro atoms. The van der Waals surface area contributed by atoms with Gasteiger partial charge < -0.3 is 5.32 Å². The van der Waals surface area contributed by atoms with Gasteiger partial charge in [-0.05, 0) is 65.1 Å². The van der Waals surface area contributed by atoms with E-state index in [1.54, 1.807) is 0 Å². The van der Waals surface area contributed by atoms with Crippen LogP contribution in [0.4, 0.5) is 0 Å². The van der Waals surface area contributed by atoms with Crippen LogP contribution in [-0.4, -0.2) is 36.1 Å². The Bertz CT molecular complexity index is 303. The summed E-state index contributed by atoms with van der Waals surface area (Å²) in [5, 5.41) is 3.84. The monoisotopic (exact) mass is 278 g/mol. The third-order valence-corrected chi connectivity index (χ3v) is 4.98. The van der Waals surface area contributed by atoms with E-state index in [4.69, 9.17) is 0 Å². The van der Waals surface area contributed by atoms with Crippen LogP contribution in [0.15, 0.2) is 0 Å². The van der Waals surface area contributed by atoms with Crippen LogP contribution in [0.1, 0.15) is 72.6 Å². The molecule has 1 rings (SSSR count). The van der Waals surface area contributed by atoms with Crippen LogP contribution >= 0.6 is 0 Å². The average Bonchev–Trinajstić information content (AvgIpc) is 3.00. The molecule has 0 radical (unpaired) electrons. The Morgan fingerprint density at radius 2 is 1.80 bits per heavy atom. The smallest absolute Gasteiger partial charge is 0.0357 e. The van der Waals surface area contributed by atoms with Crippen LogP contribution in [0, 0.1) is 11.8 Å². The molecule has 0 saturated carbocycles. The second-order valence-corrected chi connectivity index (χ2v) is 5.98. The van der Waals surface area contributed by atoms with Gasteiger partial charge in [0.05, 0.1) is 0 Å². The standard InChI is InChI=1S/C18H34N2/c1-5-9-10-13-17(19-14-6-2)18(7-3,8-4)20-15-11-12-16-20/h17,19H,6-8,10-16H2,1-4H3. The van der Waals surface area contributed by atoms with Gasteiger partial charge in [0.15, 0.2) is 0 Å². The van der Waals surface area contributed by atoms with Crippen LogP contribution in [0.5, 0.6) is 0 Å². The SMILES string of the molecule is CC#CCCC(NCCC)C(CC)(CC)N1CCCC1. The van der Waals surface area contributed by atoms with Crippen molar-refractivity contribution in [1.82, 2.24) is 10.2 Å². The zero-order chi connectivity index (χ0) is 14.8. The van der Waals surface area contributed by atoms with E-state index in [1.165, 1.54) is 51.6 Å². The molecule has 1 N–H and O–H groups in total. The van der Waals surface area contributed by atoms with Crippen molar-refractivity contribution in [2.24, 2.45) is 0 Å². The van der Waals surface area contributed by atoms with Crippen molar-refractivity contribution >= 4 is 0 Å². The normalized spacial score (nSPS) is 17.8. The molecule has 0 amide bonds. The Kier molecular flexibility index (Phi) is 8.26. The fraction of sp³-hybridized carbons (Fsp3) is 0.889. The van der Waals surface area contributed by atoms with Gasteiger partial charge in [-0.2, -0.15) is 0 Å². The van der Waals surface area contributed by atoms with Gasteiger partial charge in [-0.3, -0.25) is 4.90 Å². The topological polar surface area (TPSA) is 15.3 Å². The fourth-order valence-electron chi connectivity index (χ4n) is 3.79. The quantitative estimate of drug-likeness (QED) is 0.645. The van der Waals surface area contributed by atoms with Gasteiger partial charge in [0.1, 0.15) is 0 Å². The Balaban J connectivity index is 2.84. The third-order valence-electron chi connectivity index (χ3n) is 4.98. The molecule has 1 aliphatic heterocycles. The summed E-state index contributed by atoms with van der Waals surface area (Å²) in [4.78, 5) is 2.76.